The van der Waals surface area contributed by atoms with Crippen LogP contribution >= 0.6 is 0 Å². The predicted octanol–water partition coefficient (Wildman–Crippen LogP) is 3.46. The molecular formula is C18H18N2O. The number of nitrogens with one attached hydrogen (secondary N) is 1. The summed E-state index contributed by atoms with van der Waals surface area (Å²) in [5.74, 6) is 0. The van der Waals surface area contributed by atoms with Crippen molar-refractivity contribution < 1.29 is 0 Å². The van der Waals surface area contributed by atoms with Crippen molar-refractivity contribution in [3.8, 4) is 0 Å². The summed E-state index contributed by atoms with van der Waals surface area (Å²) in [6.45, 7) is 2.58. The molecule has 1 aromatic heterocycles. The van der Waals surface area contributed by atoms with Crippen LogP contribution in [0.5, 0.6) is 0 Å². The van der Waals surface area contributed by atoms with E-state index in [4.69, 9.17) is 0 Å². The second-order valence-electron chi connectivity index (χ2n) is 5.22. The standard InChI is InChI=1S/C18H18N2O/c1-13-17(19-12-14-8-4-3-5-9-14)15-10-6-7-11-16(15)20(2)18(13)21/h3-11,19H,12H2,1-2H3. The highest BCUT2D eigenvalue weighted by Crippen LogP contribution is 2.24. The first-order valence-corrected chi connectivity index (χ1v) is 7.04. The number of hydrogen-bond donors (Lipinski definition) is 1. The van der Waals surface area contributed by atoms with Crippen molar-refractivity contribution in [1.29, 1.82) is 0 Å². The molecule has 2 aromatic carbocycles. The van der Waals surface area contributed by atoms with Gasteiger partial charge >= 0.3 is 0 Å². The summed E-state index contributed by atoms with van der Waals surface area (Å²) < 4.78 is 1.71. The molecule has 0 saturated carbocycles. The SMILES string of the molecule is Cc1c(NCc2ccccc2)c2ccccc2n(C)c1=O. The molecule has 0 fully saturated rings. The topological polar surface area (TPSA) is 34.0 Å². The molecule has 21 heavy (non-hydrogen) atoms. The van der Waals surface area contributed by atoms with Crippen molar-refractivity contribution in [2.75, 3.05) is 5.32 Å². The fraction of sp³-hybridized carbons (Fsp3) is 0.167. The zero-order chi connectivity index (χ0) is 14.8. The largest absolute Gasteiger partial charge is 0.380 e. The molecule has 0 aliphatic heterocycles. The smallest absolute Gasteiger partial charge is 0.255 e. The summed E-state index contributed by atoms with van der Waals surface area (Å²) in [4.78, 5) is 12.3. The minimum absolute atomic E-state index is 0.0456. The summed E-state index contributed by atoms with van der Waals surface area (Å²) in [5.41, 5.74) is 3.87. The normalized spacial score (nSPS) is 10.8. The van der Waals surface area contributed by atoms with Gasteiger partial charge in [-0.15, -0.1) is 0 Å². The third-order valence-electron chi connectivity index (χ3n) is 3.85. The van der Waals surface area contributed by atoms with Crippen molar-refractivity contribution in [2.45, 2.75) is 13.5 Å². The van der Waals surface area contributed by atoms with E-state index in [2.05, 4.69) is 23.5 Å². The predicted molar refractivity (Wildman–Crippen MR) is 87.7 cm³/mol. The van der Waals surface area contributed by atoms with Crippen LogP contribution in [-0.4, -0.2) is 4.57 Å². The summed E-state index contributed by atoms with van der Waals surface area (Å²) >= 11 is 0. The van der Waals surface area contributed by atoms with Gasteiger partial charge in [0.05, 0.1) is 11.2 Å². The second kappa shape index (κ2) is 5.44. The lowest BCUT2D eigenvalue weighted by Gasteiger charge is -2.15. The Morgan fingerprint density at radius 1 is 1.00 bits per heavy atom. The summed E-state index contributed by atoms with van der Waals surface area (Å²) in [6.07, 6.45) is 0. The van der Waals surface area contributed by atoms with E-state index in [1.807, 2.05) is 50.4 Å². The Morgan fingerprint density at radius 3 is 2.43 bits per heavy atom. The molecular weight excluding hydrogens is 260 g/mol. The highest BCUT2D eigenvalue weighted by atomic mass is 16.1. The number of nitrogens with zero attached hydrogens (tertiary/aromatic N) is 1. The number of hydrogen-bond acceptors (Lipinski definition) is 2. The van der Waals surface area contributed by atoms with E-state index >= 15 is 0 Å². The van der Waals surface area contributed by atoms with E-state index in [9.17, 15) is 4.79 Å². The molecule has 3 aromatic rings. The van der Waals surface area contributed by atoms with E-state index in [1.165, 1.54) is 5.56 Å². The average Bonchev–Trinajstić information content (AvgIpc) is 2.54. The Morgan fingerprint density at radius 2 is 1.67 bits per heavy atom. The highest BCUT2D eigenvalue weighted by molar-refractivity contribution is 5.93. The van der Waals surface area contributed by atoms with Gasteiger partial charge < -0.3 is 9.88 Å². The van der Waals surface area contributed by atoms with Gasteiger partial charge in [-0.1, -0.05) is 48.5 Å². The van der Waals surface area contributed by atoms with Crippen LogP contribution in [0.25, 0.3) is 10.9 Å². The summed E-state index contributed by atoms with van der Waals surface area (Å²) in [6, 6.07) is 18.2. The van der Waals surface area contributed by atoms with Crippen LogP contribution in [0.2, 0.25) is 0 Å². The fourth-order valence-electron chi connectivity index (χ4n) is 2.66. The quantitative estimate of drug-likeness (QED) is 0.796. The third-order valence-corrected chi connectivity index (χ3v) is 3.85. The fourth-order valence-corrected chi connectivity index (χ4v) is 2.66. The molecule has 106 valence electrons. The molecule has 0 bridgehead atoms. The highest BCUT2D eigenvalue weighted by Gasteiger charge is 2.11. The van der Waals surface area contributed by atoms with Crippen LogP contribution in [0.3, 0.4) is 0 Å². The number of aromatic nitrogens is 1. The lowest BCUT2D eigenvalue weighted by molar-refractivity contribution is 0.892. The van der Waals surface area contributed by atoms with Crippen molar-refractivity contribution in [2.24, 2.45) is 7.05 Å². The molecule has 0 amide bonds. The molecule has 0 atom stereocenters. The number of anilines is 1. The maximum atomic E-state index is 12.3. The Labute approximate surface area is 123 Å². The molecule has 0 spiro atoms. The van der Waals surface area contributed by atoms with Gasteiger partial charge in [0.25, 0.3) is 5.56 Å². The number of para-hydroxylation sites is 1. The van der Waals surface area contributed by atoms with Gasteiger partial charge in [0.15, 0.2) is 0 Å². The molecule has 1 N–H and O–H groups in total. The van der Waals surface area contributed by atoms with Gasteiger partial charge in [0, 0.05) is 24.5 Å². The lowest BCUT2D eigenvalue weighted by Crippen LogP contribution is -2.21. The Balaban J connectivity index is 2.08. The number of benzene rings is 2. The minimum Gasteiger partial charge on any atom is -0.380 e. The van der Waals surface area contributed by atoms with Crippen LogP contribution in [0.1, 0.15) is 11.1 Å². The number of fused-ring (bicyclic) bond motifs is 1. The van der Waals surface area contributed by atoms with Gasteiger partial charge in [0.2, 0.25) is 0 Å². The zero-order valence-corrected chi connectivity index (χ0v) is 12.3. The van der Waals surface area contributed by atoms with Crippen molar-refractivity contribution in [1.82, 2.24) is 4.57 Å². The molecule has 0 radical (unpaired) electrons. The Bertz CT molecular complexity index is 835. The molecule has 3 nitrogen and oxygen atoms in total. The molecule has 0 saturated heterocycles. The number of aryl methyl sites for hydroxylation is 1. The van der Waals surface area contributed by atoms with Crippen molar-refractivity contribution >= 4 is 16.6 Å². The maximum absolute atomic E-state index is 12.3. The Kier molecular flexibility index (Phi) is 3.48. The molecule has 3 heteroatoms. The maximum Gasteiger partial charge on any atom is 0.255 e. The summed E-state index contributed by atoms with van der Waals surface area (Å²) in [5, 5.41) is 4.50. The lowest BCUT2D eigenvalue weighted by atomic mass is 10.1. The van der Waals surface area contributed by atoms with Gasteiger partial charge in [-0.3, -0.25) is 4.79 Å². The first-order chi connectivity index (χ1) is 10.2. The van der Waals surface area contributed by atoms with E-state index < -0.39 is 0 Å². The second-order valence-corrected chi connectivity index (χ2v) is 5.22. The van der Waals surface area contributed by atoms with E-state index in [0.717, 1.165) is 22.2 Å². The Hall–Kier alpha value is -2.55. The van der Waals surface area contributed by atoms with Crippen LogP contribution in [0.15, 0.2) is 59.4 Å². The van der Waals surface area contributed by atoms with Crippen molar-refractivity contribution in [3.63, 3.8) is 0 Å². The van der Waals surface area contributed by atoms with Crippen LogP contribution in [-0.2, 0) is 13.6 Å². The van der Waals surface area contributed by atoms with Crippen molar-refractivity contribution in [3.05, 3.63) is 76.1 Å². The number of rotatable bonds is 3. The molecule has 1 heterocycles. The monoisotopic (exact) mass is 278 g/mol. The first kappa shape index (κ1) is 13.4. The van der Waals surface area contributed by atoms with Gasteiger partial charge in [-0.2, -0.15) is 0 Å². The van der Waals surface area contributed by atoms with E-state index in [1.54, 1.807) is 4.57 Å². The van der Waals surface area contributed by atoms with E-state index in [0.29, 0.717) is 6.54 Å². The van der Waals surface area contributed by atoms with Gasteiger partial charge in [0.1, 0.15) is 0 Å². The van der Waals surface area contributed by atoms with E-state index in [-0.39, 0.29) is 5.56 Å². The third kappa shape index (κ3) is 2.42. The number of pyridine rings is 1. The van der Waals surface area contributed by atoms with Gasteiger partial charge in [-0.25, -0.2) is 0 Å². The molecule has 3 rings (SSSR count). The first-order valence-electron chi connectivity index (χ1n) is 7.04. The van der Waals surface area contributed by atoms with Gasteiger partial charge in [-0.05, 0) is 18.6 Å². The van der Waals surface area contributed by atoms with Crippen LogP contribution in [0, 0.1) is 6.92 Å². The zero-order valence-electron chi connectivity index (χ0n) is 12.3. The molecule has 0 aliphatic carbocycles. The van der Waals surface area contributed by atoms with Crippen LogP contribution < -0.4 is 10.9 Å². The van der Waals surface area contributed by atoms with Crippen LogP contribution in [0.4, 0.5) is 5.69 Å². The average molecular weight is 278 g/mol. The minimum atomic E-state index is 0.0456. The molecule has 0 aliphatic rings. The molecule has 0 unspecified atom stereocenters. The summed E-state index contributed by atoms with van der Waals surface area (Å²) in [7, 11) is 1.82.